The summed E-state index contributed by atoms with van der Waals surface area (Å²) in [5.41, 5.74) is -0.477. The molecule has 78 valence electrons. The average Bonchev–Trinajstić information content (AvgIpc) is 2.95. The van der Waals surface area contributed by atoms with Crippen LogP contribution in [-0.2, 0) is 4.79 Å². The van der Waals surface area contributed by atoms with Crippen molar-refractivity contribution in [2.45, 2.75) is 32.7 Å². The first-order valence-electron chi connectivity index (χ1n) is 4.95. The highest BCUT2D eigenvalue weighted by molar-refractivity contribution is 5.78. The van der Waals surface area contributed by atoms with Crippen molar-refractivity contribution in [3.05, 3.63) is 0 Å². The molecule has 1 fully saturated rings. The van der Waals surface area contributed by atoms with Gasteiger partial charge in [0.25, 0.3) is 0 Å². The van der Waals surface area contributed by atoms with Crippen LogP contribution in [0.4, 0.5) is 0 Å². The van der Waals surface area contributed by atoms with Gasteiger partial charge in [0.2, 0.25) is 5.91 Å². The molecule has 14 heavy (non-hydrogen) atoms. The van der Waals surface area contributed by atoms with Gasteiger partial charge in [0, 0.05) is 12.6 Å². The number of carbonyl (C=O) groups is 1. The van der Waals surface area contributed by atoms with Crippen LogP contribution in [0.15, 0.2) is 0 Å². The second-order valence-corrected chi connectivity index (χ2v) is 4.43. The molecule has 0 atom stereocenters. The van der Waals surface area contributed by atoms with E-state index in [0.29, 0.717) is 19.1 Å². The molecule has 4 heteroatoms. The molecule has 1 aliphatic carbocycles. The summed E-state index contributed by atoms with van der Waals surface area (Å²) in [5.74, 6) is -0.0276. The molecule has 1 amide bonds. The summed E-state index contributed by atoms with van der Waals surface area (Å²) in [6.45, 7) is 4.39. The Hall–Kier alpha value is -1.08. The fraction of sp³-hybridized carbons (Fsp3) is 0.800. The van der Waals surface area contributed by atoms with E-state index in [0.717, 1.165) is 0 Å². The molecule has 0 aliphatic heterocycles. The van der Waals surface area contributed by atoms with Gasteiger partial charge in [0.05, 0.1) is 18.0 Å². The van der Waals surface area contributed by atoms with Crippen LogP contribution in [0.3, 0.4) is 0 Å². The maximum absolute atomic E-state index is 11.3. The molecule has 0 aromatic rings. The van der Waals surface area contributed by atoms with E-state index in [2.05, 4.69) is 16.7 Å². The lowest BCUT2D eigenvalue weighted by Crippen LogP contribution is -2.39. The third-order valence-electron chi connectivity index (χ3n) is 2.16. The first-order valence-corrected chi connectivity index (χ1v) is 4.95. The molecular weight excluding hydrogens is 178 g/mol. The van der Waals surface area contributed by atoms with Crippen LogP contribution in [0.2, 0.25) is 0 Å². The first kappa shape index (κ1) is 11.0. The molecule has 1 aliphatic rings. The van der Waals surface area contributed by atoms with E-state index in [1.165, 1.54) is 12.8 Å². The van der Waals surface area contributed by atoms with E-state index in [4.69, 9.17) is 5.26 Å². The van der Waals surface area contributed by atoms with Gasteiger partial charge in [-0.3, -0.25) is 4.79 Å². The molecule has 0 aromatic heterocycles. The number of carbonyl (C=O) groups excluding carboxylic acids is 1. The molecule has 1 rings (SSSR count). The zero-order valence-corrected chi connectivity index (χ0v) is 8.76. The van der Waals surface area contributed by atoms with E-state index >= 15 is 0 Å². The molecule has 0 saturated heterocycles. The van der Waals surface area contributed by atoms with Crippen LogP contribution >= 0.6 is 0 Å². The summed E-state index contributed by atoms with van der Waals surface area (Å²) in [6.07, 6.45) is 2.36. The smallest absolute Gasteiger partial charge is 0.234 e. The number of nitrogens with one attached hydrogen (secondary N) is 2. The van der Waals surface area contributed by atoms with Crippen molar-refractivity contribution in [2.24, 2.45) is 5.41 Å². The minimum Gasteiger partial charge on any atom is -0.353 e. The second-order valence-electron chi connectivity index (χ2n) is 4.43. The van der Waals surface area contributed by atoms with E-state index in [1.54, 1.807) is 0 Å². The van der Waals surface area contributed by atoms with Gasteiger partial charge in [0.15, 0.2) is 0 Å². The van der Waals surface area contributed by atoms with Crippen molar-refractivity contribution >= 4 is 5.91 Å². The van der Waals surface area contributed by atoms with Gasteiger partial charge in [-0.25, -0.2) is 0 Å². The Morgan fingerprint density at radius 2 is 2.21 bits per heavy atom. The fourth-order valence-electron chi connectivity index (χ4n) is 0.946. The minimum atomic E-state index is -0.477. The monoisotopic (exact) mass is 195 g/mol. The van der Waals surface area contributed by atoms with E-state index in [-0.39, 0.29) is 5.91 Å². The van der Waals surface area contributed by atoms with E-state index in [9.17, 15) is 4.79 Å². The normalized spacial score (nSPS) is 16.1. The van der Waals surface area contributed by atoms with Crippen LogP contribution in [0.1, 0.15) is 26.7 Å². The molecular formula is C10H17N3O. The molecule has 0 bridgehead atoms. The Labute approximate surface area is 84.7 Å². The van der Waals surface area contributed by atoms with Crippen molar-refractivity contribution in [1.82, 2.24) is 10.6 Å². The highest BCUT2D eigenvalue weighted by Gasteiger charge is 2.22. The second kappa shape index (κ2) is 4.43. The molecule has 0 heterocycles. The molecule has 2 N–H and O–H groups in total. The Morgan fingerprint density at radius 3 is 2.71 bits per heavy atom. The van der Waals surface area contributed by atoms with Gasteiger partial charge >= 0.3 is 0 Å². The van der Waals surface area contributed by atoms with Crippen LogP contribution in [0.25, 0.3) is 0 Å². The quantitative estimate of drug-likeness (QED) is 0.667. The first-order chi connectivity index (χ1) is 6.53. The Morgan fingerprint density at radius 1 is 1.57 bits per heavy atom. The highest BCUT2D eigenvalue weighted by atomic mass is 16.1. The molecule has 4 nitrogen and oxygen atoms in total. The minimum absolute atomic E-state index is 0.0276. The van der Waals surface area contributed by atoms with Crippen molar-refractivity contribution in [1.29, 1.82) is 5.26 Å². The van der Waals surface area contributed by atoms with Crippen LogP contribution in [-0.4, -0.2) is 25.0 Å². The zero-order valence-electron chi connectivity index (χ0n) is 8.76. The lowest BCUT2D eigenvalue weighted by atomic mass is 9.96. The van der Waals surface area contributed by atoms with Crippen molar-refractivity contribution < 1.29 is 4.79 Å². The number of nitrogens with zero attached hydrogens (tertiary/aromatic N) is 1. The summed E-state index contributed by atoms with van der Waals surface area (Å²) in [4.78, 5) is 11.3. The Balaban J connectivity index is 2.10. The molecule has 1 saturated carbocycles. The van der Waals surface area contributed by atoms with Gasteiger partial charge in [-0.2, -0.15) is 5.26 Å². The number of amides is 1. The Bertz CT molecular complexity index is 251. The maximum atomic E-state index is 11.3. The standard InChI is InChI=1S/C10H17N3O/c1-10(2,6-11)7-13-9(14)5-12-8-3-4-8/h8,12H,3-5,7H2,1-2H3,(H,13,14). The van der Waals surface area contributed by atoms with E-state index < -0.39 is 5.41 Å². The van der Waals surface area contributed by atoms with Crippen LogP contribution in [0.5, 0.6) is 0 Å². The van der Waals surface area contributed by atoms with E-state index in [1.807, 2.05) is 13.8 Å². The lowest BCUT2D eigenvalue weighted by Gasteiger charge is -2.15. The summed E-state index contributed by atoms with van der Waals surface area (Å²) in [5, 5.41) is 14.6. The number of rotatable bonds is 5. The molecule has 0 aromatic carbocycles. The van der Waals surface area contributed by atoms with Gasteiger partial charge in [0.1, 0.15) is 0 Å². The lowest BCUT2D eigenvalue weighted by molar-refractivity contribution is -0.120. The number of nitriles is 1. The predicted molar refractivity (Wildman–Crippen MR) is 53.4 cm³/mol. The van der Waals surface area contributed by atoms with Gasteiger partial charge in [-0.05, 0) is 26.7 Å². The Kier molecular flexibility index (Phi) is 3.48. The van der Waals surface area contributed by atoms with Crippen LogP contribution < -0.4 is 10.6 Å². The highest BCUT2D eigenvalue weighted by Crippen LogP contribution is 2.17. The van der Waals surface area contributed by atoms with Crippen LogP contribution in [0, 0.1) is 16.7 Å². The molecule has 0 spiro atoms. The average molecular weight is 195 g/mol. The third kappa shape index (κ3) is 4.24. The maximum Gasteiger partial charge on any atom is 0.234 e. The summed E-state index contributed by atoms with van der Waals surface area (Å²) in [6, 6.07) is 2.68. The summed E-state index contributed by atoms with van der Waals surface area (Å²) in [7, 11) is 0. The topological polar surface area (TPSA) is 64.9 Å². The van der Waals surface area contributed by atoms with Gasteiger partial charge < -0.3 is 10.6 Å². The molecule has 0 unspecified atom stereocenters. The fourth-order valence-corrected chi connectivity index (χ4v) is 0.946. The van der Waals surface area contributed by atoms with Crippen molar-refractivity contribution in [3.63, 3.8) is 0 Å². The van der Waals surface area contributed by atoms with Gasteiger partial charge in [-0.15, -0.1) is 0 Å². The zero-order chi connectivity index (χ0) is 10.6. The largest absolute Gasteiger partial charge is 0.353 e. The summed E-state index contributed by atoms with van der Waals surface area (Å²) >= 11 is 0. The van der Waals surface area contributed by atoms with Crippen molar-refractivity contribution in [2.75, 3.05) is 13.1 Å². The number of hydrogen-bond acceptors (Lipinski definition) is 3. The third-order valence-corrected chi connectivity index (χ3v) is 2.16. The van der Waals surface area contributed by atoms with Gasteiger partial charge in [-0.1, -0.05) is 0 Å². The number of hydrogen-bond donors (Lipinski definition) is 2. The van der Waals surface area contributed by atoms with Crippen molar-refractivity contribution in [3.8, 4) is 6.07 Å². The predicted octanol–water partition coefficient (Wildman–Crippen LogP) is 0.404. The SMILES string of the molecule is CC(C)(C#N)CNC(=O)CNC1CC1. The molecule has 0 radical (unpaired) electrons. The summed E-state index contributed by atoms with van der Waals surface area (Å²) < 4.78 is 0.